The number of carboxylic acids is 1. The Balaban J connectivity index is 1.69. The number of nitrogens with one attached hydrogen (secondary N) is 1. The van der Waals surface area contributed by atoms with E-state index in [-0.39, 0.29) is 5.92 Å². The highest BCUT2D eigenvalue weighted by atomic mass is 16.4. The van der Waals surface area contributed by atoms with Crippen molar-refractivity contribution in [3.05, 3.63) is 42.2 Å². The van der Waals surface area contributed by atoms with E-state index in [1.807, 2.05) is 30.3 Å². The zero-order chi connectivity index (χ0) is 16.9. The first kappa shape index (κ1) is 16.2. The Kier molecular flexibility index (Phi) is 4.90. The third kappa shape index (κ3) is 3.80. The van der Waals surface area contributed by atoms with Gasteiger partial charge in [0.15, 0.2) is 0 Å². The van der Waals surface area contributed by atoms with Crippen LogP contribution in [0.1, 0.15) is 18.4 Å². The summed E-state index contributed by atoms with van der Waals surface area (Å²) in [6, 6.07) is 9.75. The standard InChI is InChI=1S/C17H21N5O2/c18-10-12-2-1-3-14(8-12)21-15-9-16(20-11-19-15)22-6-4-13(5-7-22)17(23)24/h1-3,8-9,11,13H,4-7,10,18H2,(H,23,24)(H,19,20,21). The first-order chi connectivity index (χ1) is 11.7. The summed E-state index contributed by atoms with van der Waals surface area (Å²) < 4.78 is 0. The maximum atomic E-state index is 11.0. The van der Waals surface area contributed by atoms with Crippen molar-refractivity contribution in [3.63, 3.8) is 0 Å². The summed E-state index contributed by atoms with van der Waals surface area (Å²) in [6.45, 7) is 1.87. The molecule has 0 radical (unpaired) electrons. The van der Waals surface area contributed by atoms with Gasteiger partial charge in [-0.2, -0.15) is 0 Å². The summed E-state index contributed by atoms with van der Waals surface area (Å²) in [6.07, 6.45) is 2.80. The Morgan fingerprint density at radius 1 is 1.29 bits per heavy atom. The lowest BCUT2D eigenvalue weighted by Crippen LogP contribution is -2.36. The largest absolute Gasteiger partial charge is 0.481 e. The predicted octanol–water partition coefficient (Wildman–Crippen LogP) is 1.98. The van der Waals surface area contributed by atoms with E-state index in [2.05, 4.69) is 20.2 Å². The fourth-order valence-corrected chi connectivity index (χ4v) is 2.87. The second kappa shape index (κ2) is 7.27. The van der Waals surface area contributed by atoms with Crippen LogP contribution in [0.25, 0.3) is 0 Å². The summed E-state index contributed by atoms with van der Waals surface area (Å²) >= 11 is 0. The van der Waals surface area contributed by atoms with Crippen molar-refractivity contribution in [1.82, 2.24) is 9.97 Å². The fraction of sp³-hybridized carbons (Fsp3) is 0.353. The highest BCUT2D eigenvalue weighted by Gasteiger charge is 2.25. The van der Waals surface area contributed by atoms with E-state index in [9.17, 15) is 4.79 Å². The molecule has 0 saturated carbocycles. The predicted molar refractivity (Wildman–Crippen MR) is 92.2 cm³/mol. The number of nitrogens with zero attached hydrogens (tertiary/aromatic N) is 3. The fourth-order valence-electron chi connectivity index (χ4n) is 2.87. The van der Waals surface area contributed by atoms with Crippen molar-refractivity contribution in [2.24, 2.45) is 11.7 Å². The summed E-state index contributed by atoms with van der Waals surface area (Å²) in [4.78, 5) is 21.7. The molecule has 24 heavy (non-hydrogen) atoms. The van der Waals surface area contributed by atoms with Crippen molar-refractivity contribution in [3.8, 4) is 0 Å². The maximum absolute atomic E-state index is 11.0. The highest BCUT2D eigenvalue weighted by Crippen LogP contribution is 2.24. The van der Waals surface area contributed by atoms with Crippen LogP contribution in [0.5, 0.6) is 0 Å². The van der Waals surface area contributed by atoms with Crippen LogP contribution in [-0.4, -0.2) is 34.1 Å². The molecule has 1 saturated heterocycles. The van der Waals surface area contributed by atoms with Crippen LogP contribution < -0.4 is 16.0 Å². The van der Waals surface area contributed by atoms with E-state index in [1.54, 1.807) is 0 Å². The lowest BCUT2D eigenvalue weighted by Gasteiger charge is -2.31. The summed E-state index contributed by atoms with van der Waals surface area (Å²) in [5.74, 6) is 0.556. The van der Waals surface area contributed by atoms with Gasteiger partial charge in [-0.05, 0) is 30.5 Å². The molecule has 1 aliphatic rings. The first-order valence-electron chi connectivity index (χ1n) is 8.01. The molecule has 3 rings (SSSR count). The van der Waals surface area contributed by atoms with E-state index in [0.29, 0.717) is 38.3 Å². The van der Waals surface area contributed by atoms with E-state index >= 15 is 0 Å². The Labute approximate surface area is 140 Å². The van der Waals surface area contributed by atoms with Gasteiger partial charge in [0.1, 0.15) is 18.0 Å². The zero-order valence-corrected chi connectivity index (χ0v) is 13.4. The van der Waals surface area contributed by atoms with Gasteiger partial charge in [-0.25, -0.2) is 9.97 Å². The summed E-state index contributed by atoms with van der Waals surface area (Å²) in [7, 11) is 0. The summed E-state index contributed by atoms with van der Waals surface area (Å²) in [5.41, 5.74) is 7.63. The number of anilines is 3. The Morgan fingerprint density at radius 3 is 2.79 bits per heavy atom. The van der Waals surface area contributed by atoms with Gasteiger partial charge in [0.05, 0.1) is 5.92 Å². The second-order valence-corrected chi connectivity index (χ2v) is 5.89. The van der Waals surface area contributed by atoms with Crippen LogP contribution in [0, 0.1) is 5.92 Å². The maximum Gasteiger partial charge on any atom is 0.306 e. The van der Waals surface area contributed by atoms with Gasteiger partial charge in [0, 0.05) is 31.4 Å². The van der Waals surface area contributed by atoms with E-state index < -0.39 is 5.97 Å². The number of hydrogen-bond acceptors (Lipinski definition) is 6. The monoisotopic (exact) mass is 327 g/mol. The van der Waals surface area contributed by atoms with E-state index in [0.717, 1.165) is 17.1 Å². The molecule has 0 unspecified atom stereocenters. The molecule has 0 spiro atoms. The third-order valence-electron chi connectivity index (χ3n) is 4.26. The minimum Gasteiger partial charge on any atom is -0.481 e. The van der Waals surface area contributed by atoms with Crippen LogP contribution in [-0.2, 0) is 11.3 Å². The van der Waals surface area contributed by atoms with Crippen molar-refractivity contribution in [2.75, 3.05) is 23.3 Å². The van der Waals surface area contributed by atoms with Crippen molar-refractivity contribution >= 4 is 23.3 Å². The Hall–Kier alpha value is -2.67. The third-order valence-corrected chi connectivity index (χ3v) is 4.26. The average Bonchev–Trinajstić information content (AvgIpc) is 2.62. The smallest absolute Gasteiger partial charge is 0.306 e. The number of nitrogens with two attached hydrogens (primary N) is 1. The molecule has 1 aromatic heterocycles. The zero-order valence-electron chi connectivity index (χ0n) is 13.4. The summed E-state index contributed by atoms with van der Waals surface area (Å²) in [5, 5.41) is 12.3. The molecular weight excluding hydrogens is 306 g/mol. The molecule has 0 aliphatic carbocycles. The quantitative estimate of drug-likeness (QED) is 0.771. The normalized spacial score (nSPS) is 15.3. The number of aliphatic carboxylic acids is 1. The molecule has 0 bridgehead atoms. The lowest BCUT2D eigenvalue weighted by atomic mass is 9.97. The lowest BCUT2D eigenvalue weighted by molar-refractivity contribution is -0.142. The van der Waals surface area contributed by atoms with E-state index in [1.165, 1.54) is 6.33 Å². The van der Waals surface area contributed by atoms with Crippen molar-refractivity contribution < 1.29 is 9.90 Å². The molecule has 1 aromatic carbocycles. The van der Waals surface area contributed by atoms with E-state index in [4.69, 9.17) is 10.8 Å². The van der Waals surface area contributed by atoms with Crippen LogP contribution in [0.4, 0.5) is 17.3 Å². The molecule has 1 fully saturated rings. The van der Waals surface area contributed by atoms with Crippen LogP contribution in [0.3, 0.4) is 0 Å². The highest BCUT2D eigenvalue weighted by molar-refractivity contribution is 5.70. The molecule has 4 N–H and O–H groups in total. The van der Waals surface area contributed by atoms with Crippen LogP contribution >= 0.6 is 0 Å². The molecule has 126 valence electrons. The van der Waals surface area contributed by atoms with Crippen molar-refractivity contribution in [2.45, 2.75) is 19.4 Å². The molecule has 7 nitrogen and oxygen atoms in total. The van der Waals surface area contributed by atoms with Gasteiger partial charge >= 0.3 is 5.97 Å². The number of carbonyl (C=O) groups is 1. The second-order valence-electron chi connectivity index (χ2n) is 5.89. The van der Waals surface area contributed by atoms with Gasteiger partial charge in [-0.1, -0.05) is 12.1 Å². The van der Waals surface area contributed by atoms with Gasteiger partial charge in [0.2, 0.25) is 0 Å². The molecule has 0 amide bonds. The van der Waals surface area contributed by atoms with Crippen LogP contribution in [0.2, 0.25) is 0 Å². The number of piperidine rings is 1. The Morgan fingerprint density at radius 2 is 2.08 bits per heavy atom. The molecule has 2 aromatic rings. The van der Waals surface area contributed by atoms with Crippen molar-refractivity contribution in [1.29, 1.82) is 0 Å². The topological polar surface area (TPSA) is 104 Å². The minimum atomic E-state index is -0.709. The number of benzene rings is 1. The van der Waals surface area contributed by atoms with Crippen LogP contribution in [0.15, 0.2) is 36.7 Å². The number of carboxylic acid groups (broad SMARTS) is 1. The molecule has 1 aliphatic heterocycles. The average molecular weight is 327 g/mol. The van der Waals surface area contributed by atoms with Gasteiger partial charge in [0.25, 0.3) is 0 Å². The molecule has 0 atom stereocenters. The van der Waals surface area contributed by atoms with Gasteiger partial charge in [-0.3, -0.25) is 4.79 Å². The van der Waals surface area contributed by atoms with Gasteiger partial charge < -0.3 is 21.1 Å². The molecular formula is C17H21N5O2. The minimum absolute atomic E-state index is 0.250. The number of aromatic nitrogens is 2. The Bertz CT molecular complexity index is 714. The SMILES string of the molecule is NCc1cccc(Nc2cc(N3CCC(C(=O)O)CC3)ncn2)c1. The number of rotatable bonds is 5. The number of hydrogen-bond donors (Lipinski definition) is 3. The molecule has 2 heterocycles. The molecule has 7 heteroatoms. The van der Waals surface area contributed by atoms with Gasteiger partial charge in [-0.15, -0.1) is 0 Å². The first-order valence-corrected chi connectivity index (χ1v) is 8.01.